The van der Waals surface area contributed by atoms with Crippen molar-refractivity contribution in [3.05, 3.63) is 35.0 Å². The van der Waals surface area contributed by atoms with E-state index in [1.165, 1.54) is 19.2 Å². The minimum atomic E-state index is -4.06. The van der Waals surface area contributed by atoms with Gasteiger partial charge in [-0.25, -0.2) is 27.9 Å². The molecule has 0 saturated heterocycles. The van der Waals surface area contributed by atoms with Crippen LogP contribution < -0.4 is 20.5 Å². The average Bonchev–Trinajstić information content (AvgIpc) is 2.70. The zero-order chi connectivity index (χ0) is 22.5. The van der Waals surface area contributed by atoms with Crippen molar-refractivity contribution >= 4 is 28.0 Å². The lowest BCUT2D eigenvalue weighted by molar-refractivity contribution is -0.139. The molecule has 0 unspecified atom stereocenters. The van der Waals surface area contributed by atoms with E-state index in [1.54, 1.807) is 13.8 Å². The number of esters is 2. The van der Waals surface area contributed by atoms with Crippen LogP contribution in [0.5, 0.6) is 5.75 Å². The summed E-state index contributed by atoms with van der Waals surface area (Å²) in [5.41, 5.74) is 0.0191. The highest BCUT2D eigenvalue weighted by atomic mass is 32.2. The van der Waals surface area contributed by atoms with E-state index in [9.17, 15) is 22.8 Å². The van der Waals surface area contributed by atoms with Gasteiger partial charge in [0, 0.05) is 0 Å². The number of benzene rings is 1. The number of carbonyl (C=O) groups excluding carboxylic acids is 3. The highest BCUT2D eigenvalue weighted by molar-refractivity contribution is 7.89. The van der Waals surface area contributed by atoms with Crippen LogP contribution in [0.1, 0.15) is 30.6 Å². The van der Waals surface area contributed by atoms with Crippen LogP contribution in [0.4, 0.5) is 4.79 Å². The number of methoxy groups -OCH3 is 1. The van der Waals surface area contributed by atoms with Crippen LogP contribution in [0.15, 0.2) is 34.4 Å². The average molecular weight is 441 g/mol. The molecule has 4 N–H and O–H groups in total. The lowest BCUT2D eigenvalue weighted by Gasteiger charge is -2.28. The molecule has 2 amide bonds. The fraction of sp³-hybridized carbons (Fsp3) is 0.389. The van der Waals surface area contributed by atoms with Crippen LogP contribution in [0.2, 0.25) is 0 Å². The van der Waals surface area contributed by atoms with Crippen molar-refractivity contribution in [1.29, 1.82) is 0 Å². The Kier molecular flexibility index (Phi) is 7.40. The molecule has 0 spiro atoms. The zero-order valence-corrected chi connectivity index (χ0v) is 17.5. The van der Waals surface area contributed by atoms with Crippen LogP contribution in [-0.2, 0) is 24.3 Å². The first-order valence-electron chi connectivity index (χ1n) is 8.97. The summed E-state index contributed by atoms with van der Waals surface area (Å²) < 4.78 is 38.4. The van der Waals surface area contributed by atoms with E-state index in [1.807, 2.05) is 0 Å². The summed E-state index contributed by atoms with van der Waals surface area (Å²) >= 11 is 0. The monoisotopic (exact) mass is 441 g/mol. The van der Waals surface area contributed by atoms with Gasteiger partial charge < -0.3 is 24.8 Å². The lowest BCUT2D eigenvalue weighted by Crippen LogP contribution is -2.51. The second kappa shape index (κ2) is 9.59. The Morgan fingerprint density at radius 3 is 2.43 bits per heavy atom. The van der Waals surface area contributed by atoms with E-state index >= 15 is 0 Å². The number of nitrogens with one attached hydrogen (secondary N) is 2. The number of rotatable bonds is 8. The molecule has 2 rings (SSSR count). The largest absolute Gasteiger partial charge is 0.496 e. The van der Waals surface area contributed by atoms with Gasteiger partial charge in [0.15, 0.2) is 0 Å². The number of carbonyl (C=O) groups is 3. The molecule has 1 aliphatic heterocycles. The molecule has 0 bridgehead atoms. The number of nitrogens with two attached hydrogens (primary N) is 1. The van der Waals surface area contributed by atoms with Crippen LogP contribution in [0, 0.1) is 0 Å². The Hall–Kier alpha value is -3.12. The SMILES string of the molecule is CCOC(=O)C1=C(COC(=O)c2cc(S(N)(=O)=O)ccc2OC)NC(=O)N[C@H]1CC. The number of hydrogen-bond acceptors (Lipinski definition) is 8. The predicted molar refractivity (Wildman–Crippen MR) is 104 cm³/mol. The molecule has 1 aromatic carbocycles. The number of hydrogen-bond donors (Lipinski definition) is 3. The molecule has 0 saturated carbocycles. The fourth-order valence-electron chi connectivity index (χ4n) is 2.81. The van der Waals surface area contributed by atoms with Gasteiger partial charge in [0.2, 0.25) is 10.0 Å². The van der Waals surface area contributed by atoms with Crippen molar-refractivity contribution in [2.45, 2.75) is 31.2 Å². The maximum atomic E-state index is 12.6. The molecule has 1 aliphatic rings. The van der Waals surface area contributed by atoms with E-state index in [-0.39, 0.29) is 34.1 Å². The van der Waals surface area contributed by atoms with E-state index in [2.05, 4.69) is 10.6 Å². The molecule has 30 heavy (non-hydrogen) atoms. The Morgan fingerprint density at radius 1 is 1.17 bits per heavy atom. The van der Waals surface area contributed by atoms with Crippen LogP contribution in [0.3, 0.4) is 0 Å². The minimum absolute atomic E-state index is 0.0628. The third-order valence-corrected chi connectivity index (χ3v) is 5.12. The molecule has 0 radical (unpaired) electrons. The molecule has 1 aromatic rings. The normalized spacial score (nSPS) is 16.4. The van der Waals surface area contributed by atoms with Crippen molar-refractivity contribution in [1.82, 2.24) is 10.6 Å². The van der Waals surface area contributed by atoms with Gasteiger partial charge in [-0.15, -0.1) is 0 Å². The van der Waals surface area contributed by atoms with E-state index in [4.69, 9.17) is 19.3 Å². The molecule has 0 aromatic heterocycles. The van der Waals surface area contributed by atoms with Gasteiger partial charge in [-0.2, -0.15) is 0 Å². The summed E-state index contributed by atoms with van der Waals surface area (Å²) in [4.78, 5) is 36.5. The third kappa shape index (κ3) is 5.27. The summed E-state index contributed by atoms with van der Waals surface area (Å²) in [7, 11) is -2.77. The highest BCUT2D eigenvalue weighted by Gasteiger charge is 2.32. The Labute approximate surface area is 173 Å². The first kappa shape index (κ1) is 23.2. The van der Waals surface area contributed by atoms with Crippen LogP contribution in [0.25, 0.3) is 0 Å². The molecule has 0 fully saturated rings. The van der Waals surface area contributed by atoms with Gasteiger partial charge in [0.05, 0.1) is 35.9 Å². The van der Waals surface area contributed by atoms with E-state index < -0.39 is 40.6 Å². The van der Waals surface area contributed by atoms with Crippen molar-refractivity contribution in [3.8, 4) is 5.75 Å². The van der Waals surface area contributed by atoms with Gasteiger partial charge in [-0.1, -0.05) is 6.92 Å². The van der Waals surface area contributed by atoms with Gasteiger partial charge in [0.25, 0.3) is 0 Å². The summed E-state index contributed by atoms with van der Waals surface area (Å²) in [5.74, 6) is -1.53. The van der Waals surface area contributed by atoms with E-state index in [0.717, 1.165) is 6.07 Å². The molecular formula is C18H23N3O8S. The lowest BCUT2D eigenvalue weighted by atomic mass is 10.0. The molecule has 164 valence electrons. The molecule has 0 aliphatic carbocycles. The molecule has 1 heterocycles. The maximum Gasteiger partial charge on any atom is 0.342 e. The van der Waals surface area contributed by atoms with Gasteiger partial charge >= 0.3 is 18.0 Å². The highest BCUT2D eigenvalue weighted by Crippen LogP contribution is 2.24. The molecule has 1 atom stereocenters. The van der Waals surface area contributed by atoms with Crippen molar-refractivity contribution in [3.63, 3.8) is 0 Å². The number of urea groups is 1. The van der Waals surface area contributed by atoms with Crippen LogP contribution >= 0.6 is 0 Å². The zero-order valence-electron chi connectivity index (χ0n) is 16.7. The van der Waals surface area contributed by atoms with Gasteiger partial charge in [-0.05, 0) is 31.5 Å². The van der Waals surface area contributed by atoms with Gasteiger partial charge in [0.1, 0.15) is 17.9 Å². The molecular weight excluding hydrogens is 418 g/mol. The first-order chi connectivity index (χ1) is 14.1. The van der Waals surface area contributed by atoms with Crippen molar-refractivity contribution in [2.24, 2.45) is 5.14 Å². The third-order valence-electron chi connectivity index (χ3n) is 4.21. The Bertz CT molecular complexity index is 987. The molecule has 11 nitrogen and oxygen atoms in total. The number of primary sulfonamides is 1. The summed E-state index contributed by atoms with van der Waals surface area (Å²) in [5, 5.41) is 10.1. The maximum absolute atomic E-state index is 12.6. The second-order valence-electron chi connectivity index (χ2n) is 6.16. The van der Waals surface area contributed by atoms with Crippen molar-refractivity contribution < 1.29 is 37.0 Å². The summed E-state index contributed by atoms with van der Waals surface area (Å²) in [6, 6.07) is 2.29. The Morgan fingerprint density at radius 2 is 1.87 bits per heavy atom. The standard InChI is InChI=1S/C18H23N3O8S/c1-4-12-15(17(23)28-5-2)13(21-18(24)20-12)9-29-16(22)11-8-10(30(19,25)26)6-7-14(11)27-3/h6-8,12H,4-5,9H2,1-3H3,(H2,19,25,26)(H2,20,21,24)/t12-/m0/s1. The quantitative estimate of drug-likeness (QED) is 0.488. The van der Waals surface area contributed by atoms with E-state index in [0.29, 0.717) is 6.42 Å². The minimum Gasteiger partial charge on any atom is -0.496 e. The molecule has 12 heteroatoms. The smallest absolute Gasteiger partial charge is 0.342 e. The van der Waals surface area contributed by atoms with Crippen molar-refractivity contribution in [2.75, 3.05) is 20.3 Å². The number of ether oxygens (including phenoxy) is 3. The topological polar surface area (TPSA) is 163 Å². The van der Waals surface area contributed by atoms with Crippen LogP contribution in [-0.4, -0.2) is 52.8 Å². The Balaban J connectivity index is 2.34. The fourth-order valence-corrected chi connectivity index (χ4v) is 3.35. The number of sulfonamides is 1. The summed E-state index contributed by atoms with van der Waals surface area (Å²) in [6.07, 6.45) is 0.406. The van der Waals surface area contributed by atoms with Gasteiger partial charge in [-0.3, -0.25) is 0 Å². The number of amides is 2. The predicted octanol–water partition coefficient (Wildman–Crippen LogP) is 0.408. The second-order valence-corrected chi connectivity index (χ2v) is 7.72. The summed E-state index contributed by atoms with van der Waals surface area (Å²) in [6.45, 7) is 3.07. The first-order valence-corrected chi connectivity index (χ1v) is 10.5.